The summed E-state index contributed by atoms with van der Waals surface area (Å²) in [5, 5.41) is 5.94. The van der Waals surface area contributed by atoms with Crippen LogP contribution in [0, 0.1) is 0 Å². The Balaban J connectivity index is 1.89. The van der Waals surface area contributed by atoms with E-state index in [1.165, 1.54) is 0 Å². The number of nitrogens with one attached hydrogen (secondary N) is 2. The number of benzene rings is 2. The molecule has 2 aromatic rings. The summed E-state index contributed by atoms with van der Waals surface area (Å²) in [6, 6.07) is 11.9. The first-order valence-electron chi connectivity index (χ1n) is 6.26. The van der Waals surface area contributed by atoms with E-state index in [0.29, 0.717) is 27.7 Å². The molecule has 1 aliphatic rings. The van der Waals surface area contributed by atoms with Gasteiger partial charge in [-0.25, -0.2) is 0 Å². The first-order chi connectivity index (χ1) is 10.1. The second-order valence-electron chi connectivity index (χ2n) is 4.48. The van der Waals surface area contributed by atoms with Crippen LogP contribution in [0.15, 0.2) is 42.5 Å². The van der Waals surface area contributed by atoms with E-state index in [2.05, 4.69) is 10.6 Å². The van der Waals surface area contributed by atoms with Crippen molar-refractivity contribution in [3.8, 4) is 5.75 Å². The topological polar surface area (TPSA) is 67.4 Å². The first kappa shape index (κ1) is 13.5. The Kier molecular flexibility index (Phi) is 3.50. The average molecular weight is 303 g/mol. The molecule has 0 spiro atoms. The zero-order valence-corrected chi connectivity index (χ0v) is 11.6. The molecular weight excluding hydrogens is 292 g/mol. The number of carbonyl (C=O) groups excluding carboxylic acids is 2. The van der Waals surface area contributed by atoms with E-state index >= 15 is 0 Å². The highest BCUT2D eigenvalue weighted by Gasteiger charge is 2.22. The second-order valence-corrected chi connectivity index (χ2v) is 4.92. The van der Waals surface area contributed by atoms with Crippen LogP contribution in [0.25, 0.3) is 0 Å². The highest BCUT2D eigenvalue weighted by atomic mass is 35.5. The lowest BCUT2D eigenvalue weighted by atomic mass is 10.1. The highest BCUT2D eigenvalue weighted by molar-refractivity contribution is 6.31. The summed E-state index contributed by atoms with van der Waals surface area (Å²) >= 11 is 5.88. The van der Waals surface area contributed by atoms with Crippen molar-refractivity contribution in [3.05, 3.63) is 53.1 Å². The van der Waals surface area contributed by atoms with Crippen molar-refractivity contribution in [1.82, 2.24) is 0 Å². The number of carbonyl (C=O) groups is 2. The number of hydrogen-bond donors (Lipinski definition) is 2. The molecule has 0 atom stereocenters. The molecule has 106 valence electrons. The zero-order valence-electron chi connectivity index (χ0n) is 10.9. The third kappa shape index (κ3) is 2.83. The molecule has 2 aromatic carbocycles. The number of anilines is 2. The Hall–Kier alpha value is -2.53. The van der Waals surface area contributed by atoms with E-state index in [4.69, 9.17) is 16.3 Å². The summed E-state index contributed by atoms with van der Waals surface area (Å²) in [6.45, 7) is -0.103. The predicted molar refractivity (Wildman–Crippen MR) is 80.0 cm³/mol. The van der Waals surface area contributed by atoms with Gasteiger partial charge in [0, 0.05) is 10.7 Å². The maximum atomic E-state index is 12.3. The molecule has 0 aliphatic carbocycles. The number of fused-ring (bicyclic) bond motifs is 1. The van der Waals surface area contributed by atoms with Gasteiger partial charge in [-0.2, -0.15) is 0 Å². The third-order valence-corrected chi connectivity index (χ3v) is 3.20. The summed E-state index contributed by atoms with van der Waals surface area (Å²) in [5.74, 6) is -0.197. The molecule has 1 aliphatic heterocycles. The minimum absolute atomic E-state index is 0.103. The van der Waals surface area contributed by atoms with Gasteiger partial charge in [-0.1, -0.05) is 23.7 Å². The average Bonchev–Trinajstić information content (AvgIpc) is 2.46. The number of hydrogen-bond acceptors (Lipinski definition) is 3. The van der Waals surface area contributed by atoms with Gasteiger partial charge in [0.15, 0.2) is 12.4 Å². The Morgan fingerprint density at radius 1 is 1.24 bits per heavy atom. The molecule has 2 amide bonds. The van der Waals surface area contributed by atoms with Gasteiger partial charge in [-0.15, -0.1) is 0 Å². The van der Waals surface area contributed by atoms with E-state index in [0.717, 1.165) is 0 Å². The molecule has 6 heteroatoms. The summed E-state index contributed by atoms with van der Waals surface area (Å²) in [6.07, 6.45) is 0. The van der Waals surface area contributed by atoms with Gasteiger partial charge >= 0.3 is 0 Å². The number of halogens is 1. The van der Waals surface area contributed by atoms with E-state index in [9.17, 15) is 9.59 Å². The summed E-state index contributed by atoms with van der Waals surface area (Å²) in [5.41, 5.74) is 1.43. The van der Waals surface area contributed by atoms with Crippen LogP contribution in [0.5, 0.6) is 5.75 Å². The monoisotopic (exact) mass is 302 g/mol. The van der Waals surface area contributed by atoms with Crippen molar-refractivity contribution in [2.24, 2.45) is 0 Å². The SMILES string of the molecule is O=C1COc2c(cccc2C(=O)Nc2cccc(Cl)c2)N1. The highest BCUT2D eigenvalue weighted by Crippen LogP contribution is 2.32. The van der Waals surface area contributed by atoms with Gasteiger partial charge in [-0.05, 0) is 30.3 Å². The fraction of sp³-hybridized carbons (Fsp3) is 0.0667. The number of rotatable bonds is 2. The van der Waals surface area contributed by atoms with E-state index in [1.807, 2.05) is 0 Å². The first-order valence-corrected chi connectivity index (χ1v) is 6.64. The molecule has 1 heterocycles. The summed E-state index contributed by atoms with van der Waals surface area (Å²) in [7, 11) is 0. The second kappa shape index (κ2) is 5.46. The molecule has 0 unspecified atom stereocenters. The lowest BCUT2D eigenvalue weighted by Crippen LogP contribution is -2.27. The molecule has 0 fully saturated rings. The number of para-hydroxylation sites is 1. The van der Waals surface area contributed by atoms with Crippen LogP contribution in [0.1, 0.15) is 10.4 Å². The Bertz CT molecular complexity index is 731. The Labute approximate surface area is 125 Å². The largest absolute Gasteiger partial charge is 0.481 e. The van der Waals surface area contributed by atoms with E-state index in [1.54, 1.807) is 42.5 Å². The van der Waals surface area contributed by atoms with Gasteiger partial charge in [0.05, 0.1) is 11.3 Å². The van der Waals surface area contributed by atoms with E-state index in [-0.39, 0.29) is 18.4 Å². The fourth-order valence-corrected chi connectivity index (χ4v) is 2.25. The van der Waals surface area contributed by atoms with Gasteiger partial charge < -0.3 is 15.4 Å². The molecule has 5 nitrogen and oxygen atoms in total. The molecule has 0 aromatic heterocycles. The molecule has 0 bridgehead atoms. The van der Waals surface area contributed by atoms with Crippen LogP contribution in [0.2, 0.25) is 5.02 Å². The molecule has 3 rings (SSSR count). The molecular formula is C15H11ClN2O3. The van der Waals surface area contributed by atoms with Crippen LogP contribution >= 0.6 is 11.6 Å². The van der Waals surface area contributed by atoms with Gasteiger partial charge in [0.25, 0.3) is 11.8 Å². The predicted octanol–water partition coefficient (Wildman–Crippen LogP) is 2.92. The lowest BCUT2D eigenvalue weighted by Gasteiger charge is -2.20. The minimum atomic E-state index is -0.328. The standard InChI is InChI=1S/C15H11ClN2O3/c16-9-3-1-4-10(7-9)17-15(20)11-5-2-6-12-14(11)21-8-13(19)18-12/h1-7H,8H2,(H,17,20)(H,18,19). The minimum Gasteiger partial charge on any atom is -0.481 e. The van der Waals surface area contributed by atoms with Crippen LogP contribution in [0.3, 0.4) is 0 Å². The lowest BCUT2D eigenvalue weighted by molar-refractivity contribution is -0.118. The third-order valence-electron chi connectivity index (χ3n) is 2.96. The molecule has 2 N–H and O–H groups in total. The molecule has 0 saturated heterocycles. The Morgan fingerprint density at radius 2 is 2.05 bits per heavy atom. The van der Waals surface area contributed by atoms with Crippen LogP contribution in [0.4, 0.5) is 11.4 Å². The van der Waals surface area contributed by atoms with E-state index < -0.39 is 0 Å². The van der Waals surface area contributed by atoms with Crippen molar-refractivity contribution in [3.63, 3.8) is 0 Å². The summed E-state index contributed by atoms with van der Waals surface area (Å²) < 4.78 is 5.35. The maximum Gasteiger partial charge on any atom is 0.262 e. The van der Waals surface area contributed by atoms with Crippen LogP contribution in [-0.2, 0) is 4.79 Å². The quantitative estimate of drug-likeness (QED) is 0.896. The van der Waals surface area contributed by atoms with Gasteiger partial charge in [-0.3, -0.25) is 9.59 Å². The maximum absolute atomic E-state index is 12.3. The van der Waals surface area contributed by atoms with Crippen molar-refractivity contribution < 1.29 is 14.3 Å². The van der Waals surface area contributed by atoms with Gasteiger partial charge in [0.1, 0.15) is 0 Å². The van der Waals surface area contributed by atoms with Crippen molar-refractivity contribution in [2.75, 3.05) is 17.2 Å². The van der Waals surface area contributed by atoms with Crippen LogP contribution < -0.4 is 15.4 Å². The normalized spacial score (nSPS) is 12.9. The Morgan fingerprint density at radius 3 is 2.86 bits per heavy atom. The summed E-state index contributed by atoms with van der Waals surface area (Å²) in [4.78, 5) is 23.6. The van der Waals surface area contributed by atoms with Gasteiger partial charge in [0.2, 0.25) is 0 Å². The number of ether oxygens (including phenoxy) is 1. The smallest absolute Gasteiger partial charge is 0.262 e. The van der Waals surface area contributed by atoms with Crippen LogP contribution in [-0.4, -0.2) is 18.4 Å². The van der Waals surface area contributed by atoms with Crippen molar-refractivity contribution in [1.29, 1.82) is 0 Å². The fourth-order valence-electron chi connectivity index (χ4n) is 2.06. The van der Waals surface area contributed by atoms with Crippen molar-refractivity contribution >= 4 is 34.8 Å². The zero-order chi connectivity index (χ0) is 14.8. The molecule has 0 radical (unpaired) electrons. The molecule has 0 saturated carbocycles. The molecule has 21 heavy (non-hydrogen) atoms. The number of amides is 2. The van der Waals surface area contributed by atoms with Crippen molar-refractivity contribution in [2.45, 2.75) is 0 Å².